The van der Waals surface area contributed by atoms with Crippen molar-refractivity contribution in [1.29, 1.82) is 0 Å². The number of aryl methyl sites for hydroxylation is 1. The number of fused-ring (bicyclic) bond motifs is 5. The van der Waals surface area contributed by atoms with Crippen LogP contribution in [0.25, 0.3) is 0 Å². The van der Waals surface area contributed by atoms with Gasteiger partial charge in [-0.3, -0.25) is 8.98 Å². The predicted molar refractivity (Wildman–Crippen MR) is 140 cm³/mol. The largest absolute Gasteiger partial charge is 0.462 e. The van der Waals surface area contributed by atoms with E-state index in [-0.39, 0.29) is 39.8 Å². The molecule has 0 heterocycles. The Kier molecular flexibility index (Phi) is 6.68. The molecule has 5 nitrogen and oxygen atoms in total. The van der Waals surface area contributed by atoms with Gasteiger partial charge in [-0.1, -0.05) is 43.2 Å². The zero-order valence-electron chi connectivity index (χ0n) is 22.5. The molecule has 1 aromatic rings. The first-order valence-electron chi connectivity index (χ1n) is 13.8. The monoisotopic (exact) mass is 514 g/mol. The number of benzene rings is 1. The van der Waals surface area contributed by atoms with E-state index in [1.54, 1.807) is 12.1 Å². The molecule has 6 heteroatoms. The van der Waals surface area contributed by atoms with E-state index in [0.29, 0.717) is 17.8 Å². The van der Waals surface area contributed by atoms with Crippen molar-refractivity contribution in [2.75, 3.05) is 0 Å². The average Bonchev–Trinajstić information content (AvgIpc) is 3.16. The molecule has 0 radical (unpaired) electrons. The van der Waals surface area contributed by atoms with E-state index >= 15 is 0 Å². The van der Waals surface area contributed by atoms with Crippen LogP contribution in [0.4, 0.5) is 0 Å². The molecule has 0 saturated heterocycles. The summed E-state index contributed by atoms with van der Waals surface area (Å²) in [5.41, 5.74) is 2.82. The molecule has 0 unspecified atom stereocenters. The molecular weight excluding hydrogens is 472 g/mol. The fraction of sp³-hybridized carbons (Fsp3) is 0.700. The molecule has 3 fully saturated rings. The molecule has 36 heavy (non-hydrogen) atoms. The highest BCUT2D eigenvalue weighted by Crippen LogP contribution is 2.67. The van der Waals surface area contributed by atoms with Crippen LogP contribution in [0.5, 0.6) is 0 Å². The van der Waals surface area contributed by atoms with E-state index in [0.717, 1.165) is 50.5 Å². The fourth-order valence-corrected chi connectivity index (χ4v) is 9.92. The van der Waals surface area contributed by atoms with Gasteiger partial charge in [0.25, 0.3) is 10.1 Å². The fourth-order valence-electron chi connectivity index (χ4n) is 8.80. The van der Waals surface area contributed by atoms with Gasteiger partial charge in [-0.05, 0) is 105 Å². The van der Waals surface area contributed by atoms with Crippen LogP contribution in [-0.2, 0) is 23.8 Å². The number of carbonyl (C=O) groups excluding carboxylic acids is 1. The lowest BCUT2D eigenvalue weighted by Gasteiger charge is -2.58. The lowest BCUT2D eigenvalue weighted by Crippen LogP contribution is -2.51. The van der Waals surface area contributed by atoms with Gasteiger partial charge in [0.2, 0.25) is 0 Å². The van der Waals surface area contributed by atoms with Gasteiger partial charge >= 0.3 is 5.97 Å². The molecule has 198 valence electrons. The number of allylic oxidation sites excluding steroid dienone is 1. The average molecular weight is 515 g/mol. The van der Waals surface area contributed by atoms with E-state index < -0.39 is 10.1 Å². The molecule has 8 atom stereocenters. The second-order valence-electron chi connectivity index (χ2n) is 12.5. The SMILES string of the molecule is CC(=O)O[C@H]1CC[C@@]2(C)C(=CC[C@H]3[C@@H]4CC[C@H]([C@@H](C)OS(=O)(=O)c5ccc(C)cc5)[C@@]4(C)CC[C@@H]32)C1. The van der Waals surface area contributed by atoms with E-state index in [9.17, 15) is 13.2 Å². The number of hydrogen-bond acceptors (Lipinski definition) is 5. The number of esters is 1. The summed E-state index contributed by atoms with van der Waals surface area (Å²) in [6.07, 6.45) is 10.6. The van der Waals surface area contributed by atoms with Crippen LogP contribution in [0, 0.1) is 41.4 Å². The van der Waals surface area contributed by atoms with Crippen molar-refractivity contribution in [2.24, 2.45) is 34.5 Å². The zero-order valence-corrected chi connectivity index (χ0v) is 23.3. The second kappa shape index (κ2) is 9.27. The summed E-state index contributed by atoms with van der Waals surface area (Å²) < 4.78 is 37.5. The van der Waals surface area contributed by atoms with E-state index in [1.807, 2.05) is 26.0 Å². The first kappa shape index (κ1) is 26.0. The minimum absolute atomic E-state index is 0.0246. The minimum Gasteiger partial charge on any atom is -0.462 e. The maximum absolute atomic E-state index is 13.0. The van der Waals surface area contributed by atoms with Crippen molar-refractivity contribution in [3.8, 4) is 0 Å². The Morgan fingerprint density at radius 1 is 1.03 bits per heavy atom. The maximum atomic E-state index is 13.0. The van der Waals surface area contributed by atoms with Gasteiger partial charge in [0, 0.05) is 13.3 Å². The molecule has 0 aliphatic heterocycles. The third-order valence-corrected chi connectivity index (χ3v) is 12.0. The van der Waals surface area contributed by atoms with Gasteiger partial charge in [0.15, 0.2) is 0 Å². The summed E-state index contributed by atoms with van der Waals surface area (Å²) >= 11 is 0. The summed E-state index contributed by atoms with van der Waals surface area (Å²) in [6.45, 7) is 10.3. The minimum atomic E-state index is -3.79. The number of hydrogen-bond donors (Lipinski definition) is 0. The van der Waals surface area contributed by atoms with Crippen LogP contribution in [0.3, 0.4) is 0 Å². The molecule has 4 aliphatic carbocycles. The number of rotatable bonds is 5. The van der Waals surface area contributed by atoms with Crippen molar-refractivity contribution in [3.63, 3.8) is 0 Å². The van der Waals surface area contributed by atoms with Crippen molar-refractivity contribution in [2.45, 2.75) is 103 Å². The Bertz CT molecular complexity index is 1140. The Morgan fingerprint density at radius 3 is 2.44 bits per heavy atom. The van der Waals surface area contributed by atoms with E-state index in [4.69, 9.17) is 8.92 Å². The molecule has 3 saturated carbocycles. The molecule has 4 aliphatic rings. The summed E-state index contributed by atoms with van der Waals surface area (Å²) in [6, 6.07) is 6.93. The normalized spacial score (nSPS) is 38.8. The van der Waals surface area contributed by atoms with Crippen molar-refractivity contribution in [3.05, 3.63) is 41.5 Å². The standard InChI is InChI=1S/C30H42O5S/c1-19-6-9-24(10-7-19)36(32,33)35-20(2)26-12-13-27-25-11-8-22-18-23(34-21(3)31)14-16-29(22,4)28(25)15-17-30(26,27)5/h6-10,20,23,25-28H,11-18H2,1-5H3/t20-,23+,25+,26-,27+,28+,29+,30-/m1/s1. The van der Waals surface area contributed by atoms with Crippen LogP contribution in [0.2, 0.25) is 0 Å². The Balaban J connectivity index is 1.32. The summed E-state index contributed by atoms with van der Waals surface area (Å²) in [7, 11) is -3.79. The van der Waals surface area contributed by atoms with E-state index in [2.05, 4.69) is 19.9 Å². The highest BCUT2D eigenvalue weighted by molar-refractivity contribution is 7.86. The van der Waals surface area contributed by atoms with Gasteiger partial charge in [0.05, 0.1) is 11.0 Å². The van der Waals surface area contributed by atoms with Gasteiger partial charge < -0.3 is 4.74 Å². The number of ether oxygens (including phenoxy) is 1. The number of carbonyl (C=O) groups is 1. The Morgan fingerprint density at radius 2 is 1.75 bits per heavy atom. The summed E-state index contributed by atoms with van der Waals surface area (Å²) in [4.78, 5) is 11.8. The summed E-state index contributed by atoms with van der Waals surface area (Å²) in [5.74, 6) is 1.94. The topological polar surface area (TPSA) is 69.7 Å². The molecule has 0 bridgehead atoms. The Hall–Kier alpha value is -1.66. The third kappa shape index (κ3) is 4.36. The molecule has 1 aromatic carbocycles. The van der Waals surface area contributed by atoms with Crippen LogP contribution >= 0.6 is 0 Å². The smallest absolute Gasteiger partial charge is 0.302 e. The molecule has 0 N–H and O–H groups in total. The van der Waals surface area contributed by atoms with Gasteiger partial charge in [-0.2, -0.15) is 8.42 Å². The maximum Gasteiger partial charge on any atom is 0.302 e. The van der Waals surface area contributed by atoms with Crippen LogP contribution in [0.15, 0.2) is 40.8 Å². The van der Waals surface area contributed by atoms with Crippen molar-refractivity contribution in [1.82, 2.24) is 0 Å². The van der Waals surface area contributed by atoms with E-state index in [1.165, 1.54) is 18.9 Å². The van der Waals surface area contributed by atoms with Crippen LogP contribution in [0.1, 0.15) is 84.6 Å². The van der Waals surface area contributed by atoms with Gasteiger partial charge in [0.1, 0.15) is 6.10 Å². The van der Waals surface area contributed by atoms with Gasteiger partial charge in [-0.25, -0.2) is 0 Å². The Labute approximate surface area is 217 Å². The second-order valence-corrected chi connectivity index (χ2v) is 14.1. The predicted octanol–water partition coefficient (Wildman–Crippen LogP) is 6.60. The van der Waals surface area contributed by atoms with Crippen molar-refractivity contribution >= 4 is 16.1 Å². The van der Waals surface area contributed by atoms with Crippen LogP contribution < -0.4 is 0 Å². The molecule has 0 amide bonds. The first-order chi connectivity index (χ1) is 16.9. The lowest BCUT2D eigenvalue weighted by molar-refractivity contribution is -0.148. The van der Waals surface area contributed by atoms with Crippen LogP contribution in [-0.4, -0.2) is 26.6 Å². The van der Waals surface area contributed by atoms with Gasteiger partial charge in [-0.15, -0.1) is 0 Å². The highest BCUT2D eigenvalue weighted by Gasteiger charge is 2.59. The quantitative estimate of drug-likeness (QED) is 0.252. The molecule has 0 aromatic heterocycles. The third-order valence-electron chi connectivity index (χ3n) is 10.6. The first-order valence-corrected chi connectivity index (χ1v) is 15.2. The molecule has 5 rings (SSSR count). The highest BCUT2D eigenvalue weighted by atomic mass is 32.2. The zero-order chi connectivity index (χ0) is 25.9. The molecular formula is C30H42O5S. The lowest BCUT2D eigenvalue weighted by atomic mass is 9.47. The molecule has 0 spiro atoms. The summed E-state index contributed by atoms with van der Waals surface area (Å²) in [5, 5.41) is 0. The van der Waals surface area contributed by atoms with Crippen molar-refractivity contribution < 1.29 is 22.1 Å².